The Morgan fingerprint density at radius 3 is 2.26 bits per heavy atom. The highest BCUT2D eigenvalue weighted by Crippen LogP contribution is 2.36. The van der Waals surface area contributed by atoms with Gasteiger partial charge in [-0.1, -0.05) is 39.0 Å². The highest BCUT2D eigenvalue weighted by Gasteiger charge is 2.37. The Bertz CT molecular complexity index is 537. The molecule has 0 saturated heterocycles. The summed E-state index contributed by atoms with van der Waals surface area (Å²) in [5.74, 6) is -1.43. The third-order valence-corrected chi connectivity index (χ3v) is 8.85. The normalized spacial score (nSPS) is 13.4. The zero-order valence-corrected chi connectivity index (χ0v) is 15.6. The van der Waals surface area contributed by atoms with Gasteiger partial charge in [0, 0.05) is 18.6 Å². The number of hydrogen-bond donors (Lipinski definition) is 2. The first-order valence-electron chi connectivity index (χ1n) is 7.77. The molecule has 23 heavy (non-hydrogen) atoms. The smallest absolute Gasteiger partial charge is 0.326 e. The fourth-order valence-corrected chi connectivity index (χ4v) is 2.80. The fourth-order valence-electron chi connectivity index (χ4n) is 1.74. The lowest BCUT2D eigenvalue weighted by molar-refractivity contribution is -0.139. The number of hydrogen-bond acceptors (Lipinski definition) is 3. The molecular formula is C17H27NO4Si. The summed E-state index contributed by atoms with van der Waals surface area (Å²) in [7, 11) is -1.92. The Kier molecular flexibility index (Phi) is 6.53. The van der Waals surface area contributed by atoms with Crippen LogP contribution in [0, 0.1) is 0 Å². The summed E-state index contributed by atoms with van der Waals surface area (Å²) >= 11 is 0. The van der Waals surface area contributed by atoms with Gasteiger partial charge in [0.05, 0.1) is 0 Å². The van der Waals surface area contributed by atoms with E-state index in [-0.39, 0.29) is 17.4 Å². The molecule has 0 heterocycles. The van der Waals surface area contributed by atoms with Gasteiger partial charge in [0.15, 0.2) is 8.32 Å². The molecule has 2 N–H and O–H groups in total. The van der Waals surface area contributed by atoms with Crippen LogP contribution >= 0.6 is 0 Å². The maximum Gasteiger partial charge on any atom is 0.326 e. The van der Waals surface area contributed by atoms with Gasteiger partial charge < -0.3 is 14.8 Å². The molecule has 0 bridgehead atoms. The van der Waals surface area contributed by atoms with E-state index in [0.29, 0.717) is 12.2 Å². The number of rotatable bonds is 7. The Hall–Kier alpha value is -1.66. The zero-order chi connectivity index (χ0) is 17.7. The van der Waals surface area contributed by atoms with E-state index in [1.165, 1.54) is 0 Å². The minimum Gasteiger partial charge on any atom is -0.480 e. The van der Waals surface area contributed by atoms with Crippen molar-refractivity contribution in [3.8, 4) is 0 Å². The molecule has 0 unspecified atom stereocenters. The molecule has 5 nitrogen and oxygen atoms in total. The molecule has 0 spiro atoms. The van der Waals surface area contributed by atoms with E-state index in [1.807, 2.05) is 0 Å². The van der Waals surface area contributed by atoms with Crippen molar-refractivity contribution in [3.63, 3.8) is 0 Å². The van der Waals surface area contributed by atoms with Crippen molar-refractivity contribution >= 4 is 20.2 Å². The molecule has 0 aliphatic rings. The van der Waals surface area contributed by atoms with Crippen molar-refractivity contribution in [1.82, 2.24) is 5.32 Å². The first-order chi connectivity index (χ1) is 10.5. The average Bonchev–Trinajstić information content (AvgIpc) is 2.45. The third-order valence-electron chi connectivity index (χ3n) is 4.32. The van der Waals surface area contributed by atoms with Crippen LogP contribution in [-0.2, 0) is 9.22 Å². The van der Waals surface area contributed by atoms with Crippen molar-refractivity contribution in [2.24, 2.45) is 0 Å². The van der Waals surface area contributed by atoms with Gasteiger partial charge in [0.1, 0.15) is 6.04 Å². The van der Waals surface area contributed by atoms with Gasteiger partial charge in [0.2, 0.25) is 0 Å². The highest BCUT2D eigenvalue weighted by atomic mass is 28.4. The van der Waals surface area contributed by atoms with Gasteiger partial charge in [-0.05, 0) is 30.3 Å². The molecule has 0 saturated carbocycles. The van der Waals surface area contributed by atoms with E-state index >= 15 is 0 Å². The van der Waals surface area contributed by atoms with Gasteiger partial charge in [-0.15, -0.1) is 0 Å². The molecule has 0 aliphatic carbocycles. The summed E-state index contributed by atoms with van der Waals surface area (Å²) in [4.78, 5) is 23.4. The first-order valence-corrected chi connectivity index (χ1v) is 10.7. The van der Waals surface area contributed by atoms with Crippen LogP contribution in [0.1, 0.15) is 37.6 Å². The number of benzene rings is 1. The summed E-state index contributed by atoms with van der Waals surface area (Å²) in [6, 6.07) is 7.64. The van der Waals surface area contributed by atoms with E-state index in [9.17, 15) is 14.7 Å². The summed E-state index contributed by atoms with van der Waals surface area (Å²) in [5, 5.41) is 11.9. The zero-order valence-electron chi connectivity index (χ0n) is 14.6. The summed E-state index contributed by atoms with van der Waals surface area (Å²) < 4.78 is 5.99. The maximum absolute atomic E-state index is 12.1. The van der Waals surface area contributed by atoms with Gasteiger partial charge in [-0.3, -0.25) is 4.79 Å². The molecule has 1 aromatic rings. The summed E-state index contributed by atoms with van der Waals surface area (Å²) in [6.07, 6.45) is 0.250. The molecule has 1 atom stereocenters. The maximum atomic E-state index is 12.1. The number of nitrogens with one attached hydrogen (secondary N) is 1. The quantitative estimate of drug-likeness (QED) is 0.749. The lowest BCUT2D eigenvalue weighted by Crippen LogP contribution is -2.44. The van der Waals surface area contributed by atoms with Crippen molar-refractivity contribution < 1.29 is 19.1 Å². The van der Waals surface area contributed by atoms with E-state index in [0.717, 1.165) is 0 Å². The monoisotopic (exact) mass is 337 g/mol. The average molecular weight is 337 g/mol. The number of carboxylic acid groups (broad SMARTS) is 1. The Morgan fingerprint density at radius 1 is 1.22 bits per heavy atom. The molecule has 0 radical (unpaired) electrons. The molecule has 1 rings (SSSR count). The van der Waals surface area contributed by atoms with E-state index in [1.54, 1.807) is 30.3 Å². The largest absolute Gasteiger partial charge is 0.480 e. The first kappa shape index (κ1) is 19.4. The Balaban J connectivity index is 2.60. The number of aliphatic carboxylic acids is 1. The summed E-state index contributed by atoms with van der Waals surface area (Å²) in [5.41, 5.74) is 0.448. The molecule has 1 aromatic carbocycles. The molecule has 0 aromatic heterocycles. The van der Waals surface area contributed by atoms with Gasteiger partial charge in [-0.2, -0.15) is 0 Å². The van der Waals surface area contributed by atoms with Crippen LogP contribution in [0.2, 0.25) is 18.1 Å². The minimum absolute atomic E-state index is 0.0685. The Labute approximate surface area is 139 Å². The van der Waals surface area contributed by atoms with Crippen molar-refractivity contribution in [2.45, 2.75) is 51.4 Å². The fraction of sp³-hybridized carbons (Fsp3) is 0.529. The molecule has 128 valence electrons. The van der Waals surface area contributed by atoms with E-state index in [2.05, 4.69) is 39.2 Å². The van der Waals surface area contributed by atoms with Crippen LogP contribution in [0.25, 0.3) is 0 Å². The van der Waals surface area contributed by atoms with Crippen molar-refractivity contribution in [3.05, 3.63) is 35.9 Å². The second kappa shape index (κ2) is 7.74. The molecule has 6 heteroatoms. The number of carboxylic acids is 1. The predicted molar refractivity (Wildman–Crippen MR) is 93.1 cm³/mol. The number of carbonyl (C=O) groups is 2. The highest BCUT2D eigenvalue weighted by molar-refractivity contribution is 6.74. The standard InChI is InChI=1S/C17H27NO4Si/c1-17(2,3)23(4,5)22-12-11-14(16(20)21)18-15(19)13-9-7-6-8-10-13/h6-10,14H,11-12H2,1-5H3,(H,18,19)(H,20,21)/t14-/m1/s1. The van der Waals surface area contributed by atoms with Crippen LogP contribution in [0.4, 0.5) is 0 Å². The van der Waals surface area contributed by atoms with Crippen LogP contribution < -0.4 is 5.32 Å². The topological polar surface area (TPSA) is 75.6 Å². The lowest BCUT2D eigenvalue weighted by atomic mass is 10.1. The molecule has 1 amide bonds. The van der Waals surface area contributed by atoms with Gasteiger partial charge in [-0.25, -0.2) is 4.79 Å². The molecular weight excluding hydrogens is 310 g/mol. The van der Waals surface area contributed by atoms with E-state index < -0.39 is 20.3 Å². The molecule has 0 aliphatic heterocycles. The number of amides is 1. The van der Waals surface area contributed by atoms with Crippen LogP contribution in [0.5, 0.6) is 0 Å². The van der Waals surface area contributed by atoms with Crippen molar-refractivity contribution in [2.75, 3.05) is 6.61 Å². The predicted octanol–water partition coefficient (Wildman–Crippen LogP) is 3.28. The van der Waals surface area contributed by atoms with Gasteiger partial charge in [0.25, 0.3) is 5.91 Å². The van der Waals surface area contributed by atoms with Crippen molar-refractivity contribution in [1.29, 1.82) is 0 Å². The minimum atomic E-state index is -1.92. The second-order valence-corrected chi connectivity index (χ2v) is 11.9. The van der Waals surface area contributed by atoms with Crippen LogP contribution in [0.15, 0.2) is 30.3 Å². The number of carbonyl (C=O) groups excluding carboxylic acids is 1. The second-order valence-electron chi connectivity index (χ2n) is 7.13. The summed E-state index contributed by atoms with van der Waals surface area (Å²) in [6.45, 7) is 10.9. The molecule has 0 fully saturated rings. The Morgan fingerprint density at radius 2 is 1.78 bits per heavy atom. The SMILES string of the molecule is CC(C)(C)[Si](C)(C)OCC[C@@H](NC(=O)c1ccccc1)C(=O)O. The van der Waals surface area contributed by atoms with Crippen LogP contribution in [-0.4, -0.2) is 37.9 Å². The van der Waals surface area contributed by atoms with E-state index in [4.69, 9.17) is 4.43 Å². The van der Waals surface area contributed by atoms with Crippen LogP contribution in [0.3, 0.4) is 0 Å². The lowest BCUT2D eigenvalue weighted by Gasteiger charge is -2.36. The third kappa shape index (κ3) is 5.80. The van der Waals surface area contributed by atoms with Gasteiger partial charge >= 0.3 is 5.97 Å².